The summed E-state index contributed by atoms with van der Waals surface area (Å²) in [5, 5.41) is 13.1. The van der Waals surface area contributed by atoms with E-state index in [1.54, 1.807) is 12.4 Å². The summed E-state index contributed by atoms with van der Waals surface area (Å²) in [6.45, 7) is 2.16. The zero-order valence-electron chi connectivity index (χ0n) is 11.4. The second-order valence-corrected chi connectivity index (χ2v) is 4.83. The summed E-state index contributed by atoms with van der Waals surface area (Å²) < 4.78 is 7.77. The first-order valence-corrected chi connectivity index (χ1v) is 6.26. The van der Waals surface area contributed by atoms with Crippen molar-refractivity contribution in [1.29, 1.82) is 0 Å². The van der Waals surface area contributed by atoms with Crippen LogP contribution in [0.25, 0.3) is 10.8 Å². The highest BCUT2D eigenvalue weighted by molar-refractivity contribution is 5.90. The number of hydrogen-bond donors (Lipinski definition) is 1. The van der Waals surface area contributed by atoms with Crippen LogP contribution in [0.1, 0.15) is 14.2 Å². The molecular formula is C13H17N5. The Balaban J connectivity index is 1.90. The van der Waals surface area contributed by atoms with E-state index in [0.29, 0.717) is 6.04 Å². The Labute approximate surface area is 108 Å². The predicted octanol–water partition coefficient (Wildman–Crippen LogP) is 1.53. The van der Waals surface area contributed by atoms with Crippen LogP contribution in [0.15, 0.2) is 24.6 Å². The van der Waals surface area contributed by atoms with E-state index in [1.165, 1.54) is 6.42 Å². The molecule has 0 radical (unpaired) electrons. The highest BCUT2D eigenvalue weighted by Gasteiger charge is 2.18. The molecule has 1 N–H and O–H groups in total. The largest absolute Gasteiger partial charge is 0.364 e. The molecule has 3 heterocycles. The Bertz CT molecular complexity index is 588. The van der Waals surface area contributed by atoms with Gasteiger partial charge in [-0.15, -0.1) is 5.10 Å². The van der Waals surface area contributed by atoms with Crippen LogP contribution in [-0.4, -0.2) is 46.3 Å². The molecule has 1 aliphatic rings. The zero-order valence-corrected chi connectivity index (χ0v) is 10.4. The van der Waals surface area contributed by atoms with Crippen molar-refractivity contribution in [3.63, 3.8) is 0 Å². The minimum atomic E-state index is 0.198. The number of aromatic nitrogens is 3. The summed E-state index contributed by atoms with van der Waals surface area (Å²) in [4.78, 5) is 6.43. The number of anilines is 1. The van der Waals surface area contributed by atoms with E-state index in [9.17, 15) is 0 Å². The molecule has 1 aliphatic heterocycles. The van der Waals surface area contributed by atoms with Crippen molar-refractivity contribution in [3.05, 3.63) is 24.6 Å². The lowest BCUT2D eigenvalue weighted by Crippen LogP contribution is -2.40. The Morgan fingerprint density at radius 2 is 2.50 bits per heavy atom. The van der Waals surface area contributed by atoms with Gasteiger partial charge in [-0.1, -0.05) is 0 Å². The van der Waals surface area contributed by atoms with E-state index < -0.39 is 0 Å². The molecule has 0 amide bonds. The van der Waals surface area contributed by atoms with Crippen LogP contribution in [0.3, 0.4) is 0 Å². The molecule has 0 bridgehead atoms. The maximum atomic E-state index is 7.77. The molecule has 1 atom stereocenters. The summed E-state index contributed by atoms with van der Waals surface area (Å²) in [6, 6.07) is 2.19. The van der Waals surface area contributed by atoms with Gasteiger partial charge in [0.2, 0.25) is 0 Å². The summed E-state index contributed by atoms with van der Waals surface area (Å²) in [5.41, 5.74) is 0. The van der Waals surface area contributed by atoms with Crippen LogP contribution in [0.2, 0.25) is 0 Å². The fraction of sp³-hybridized carbons (Fsp3) is 0.462. The zero-order chi connectivity index (χ0) is 13.2. The maximum Gasteiger partial charge on any atom is 0.158 e. The molecule has 0 aliphatic carbocycles. The van der Waals surface area contributed by atoms with Crippen molar-refractivity contribution >= 4 is 16.6 Å². The van der Waals surface area contributed by atoms with Crippen molar-refractivity contribution in [1.82, 2.24) is 20.1 Å². The second kappa shape index (κ2) is 4.86. The molecule has 1 unspecified atom stereocenters. The van der Waals surface area contributed by atoms with E-state index in [1.807, 2.05) is 6.07 Å². The summed E-state index contributed by atoms with van der Waals surface area (Å²) in [5.74, 6) is 0.736. The average Bonchev–Trinajstić information content (AvgIpc) is 2.42. The van der Waals surface area contributed by atoms with Gasteiger partial charge in [-0.2, -0.15) is 5.10 Å². The summed E-state index contributed by atoms with van der Waals surface area (Å²) >= 11 is 0. The van der Waals surface area contributed by atoms with Crippen molar-refractivity contribution < 1.29 is 1.37 Å². The molecule has 5 heteroatoms. The van der Waals surface area contributed by atoms with Crippen molar-refractivity contribution in [2.24, 2.45) is 0 Å². The van der Waals surface area contributed by atoms with Crippen molar-refractivity contribution in [2.45, 2.75) is 18.9 Å². The number of rotatable bonds is 2. The van der Waals surface area contributed by atoms with Gasteiger partial charge in [-0.3, -0.25) is 4.98 Å². The molecule has 0 aromatic carbocycles. The van der Waals surface area contributed by atoms with E-state index >= 15 is 0 Å². The summed E-state index contributed by atoms with van der Waals surface area (Å²) in [7, 11) is 2.13. The van der Waals surface area contributed by atoms with Gasteiger partial charge in [-0.05, 0) is 32.5 Å². The van der Waals surface area contributed by atoms with E-state index in [4.69, 9.17) is 1.37 Å². The Kier molecular flexibility index (Phi) is 2.75. The molecule has 0 spiro atoms. The number of nitrogens with one attached hydrogen (secondary N) is 1. The van der Waals surface area contributed by atoms with Gasteiger partial charge < -0.3 is 10.2 Å². The van der Waals surface area contributed by atoms with Gasteiger partial charge in [0.05, 0.1) is 7.54 Å². The normalized spacial score (nSPS) is 21.8. The van der Waals surface area contributed by atoms with Crippen LogP contribution >= 0.6 is 0 Å². The van der Waals surface area contributed by atoms with Crippen LogP contribution in [-0.2, 0) is 0 Å². The fourth-order valence-electron chi connectivity index (χ4n) is 2.45. The number of hydrogen-bond acceptors (Lipinski definition) is 5. The number of nitrogens with zero attached hydrogens (tertiary/aromatic N) is 4. The lowest BCUT2D eigenvalue weighted by molar-refractivity contribution is 0.261. The lowest BCUT2D eigenvalue weighted by Gasteiger charge is -2.30. The Morgan fingerprint density at radius 1 is 1.56 bits per heavy atom. The minimum absolute atomic E-state index is 0.198. The maximum absolute atomic E-state index is 7.77. The first-order chi connectivity index (χ1) is 9.24. The number of fused-ring (bicyclic) bond motifs is 1. The Hall–Kier alpha value is -1.75. The standard InChI is InChI=1S/C13H17N5/c1-18-6-2-3-11(9-18)16-13-12-8-14-5-4-10(12)7-15-17-13/h4-5,7-8,11H,2-3,6,9H2,1H3,(H,16,17)/i7D. The molecule has 2 aromatic heterocycles. The quantitative estimate of drug-likeness (QED) is 0.868. The molecule has 18 heavy (non-hydrogen) atoms. The smallest absolute Gasteiger partial charge is 0.158 e. The number of likely N-dealkylation sites (N-methyl/N-ethyl adjacent to an activating group) is 1. The van der Waals surface area contributed by atoms with Crippen LogP contribution in [0.5, 0.6) is 0 Å². The van der Waals surface area contributed by atoms with Crippen LogP contribution in [0.4, 0.5) is 5.82 Å². The van der Waals surface area contributed by atoms with E-state index in [2.05, 4.69) is 32.4 Å². The predicted molar refractivity (Wildman–Crippen MR) is 71.5 cm³/mol. The van der Waals surface area contributed by atoms with Gasteiger partial charge in [0, 0.05) is 35.8 Å². The molecule has 1 saturated heterocycles. The number of piperidine rings is 1. The molecule has 94 valence electrons. The second-order valence-electron chi connectivity index (χ2n) is 4.83. The molecule has 1 fully saturated rings. The van der Waals surface area contributed by atoms with Gasteiger partial charge in [0.25, 0.3) is 0 Å². The van der Waals surface area contributed by atoms with Crippen LogP contribution in [0, 0.1) is 0 Å². The third-order valence-corrected chi connectivity index (χ3v) is 3.36. The van der Waals surface area contributed by atoms with E-state index in [-0.39, 0.29) is 6.17 Å². The first kappa shape index (κ1) is 10.2. The highest BCUT2D eigenvalue weighted by Crippen LogP contribution is 2.21. The topological polar surface area (TPSA) is 53.9 Å². The van der Waals surface area contributed by atoms with Gasteiger partial charge in [-0.25, -0.2) is 0 Å². The van der Waals surface area contributed by atoms with Gasteiger partial charge in [0.1, 0.15) is 0 Å². The van der Waals surface area contributed by atoms with E-state index in [0.717, 1.165) is 36.1 Å². The molecule has 5 nitrogen and oxygen atoms in total. The monoisotopic (exact) mass is 244 g/mol. The number of likely N-dealkylation sites (tertiary alicyclic amines) is 1. The van der Waals surface area contributed by atoms with Crippen molar-refractivity contribution in [2.75, 3.05) is 25.5 Å². The SMILES string of the molecule is [2H]c1nnc(NC2CCCN(C)C2)c2cnccc12. The average molecular weight is 244 g/mol. The molecule has 2 aromatic rings. The molecular weight excluding hydrogens is 226 g/mol. The van der Waals surface area contributed by atoms with Crippen LogP contribution < -0.4 is 5.32 Å². The highest BCUT2D eigenvalue weighted by atomic mass is 15.2. The molecule has 0 saturated carbocycles. The Morgan fingerprint density at radius 3 is 3.39 bits per heavy atom. The van der Waals surface area contributed by atoms with Gasteiger partial charge in [0.15, 0.2) is 5.82 Å². The minimum Gasteiger partial charge on any atom is -0.364 e. The lowest BCUT2D eigenvalue weighted by atomic mass is 10.1. The summed E-state index contributed by atoms with van der Waals surface area (Å²) in [6.07, 6.45) is 5.95. The fourth-order valence-corrected chi connectivity index (χ4v) is 2.45. The molecule has 3 rings (SSSR count). The first-order valence-electron chi connectivity index (χ1n) is 6.76. The third-order valence-electron chi connectivity index (χ3n) is 3.36. The third kappa shape index (κ3) is 2.26. The van der Waals surface area contributed by atoms with Crippen molar-refractivity contribution in [3.8, 4) is 0 Å². The number of pyridine rings is 1. The van der Waals surface area contributed by atoms with Gasteiger partial charge >= 0.3 is 0 Å².